The fourth-order valence-electron chi connectivity index (χ4n) is 3.51. The highest BCUT2D eigenvalue weighted by Gasteiger charge is 2.41. The molecule has 1 unspecified atom stereocenters. The van der Waals surface area contributed by atoms with E-state index in [-0.39, 0.29) is 5.91 Å². The molecule has 3 heteroatoms. The van der Waals surface area contributed by atoms with Gasteiger partial charge in [0.05, 0.1) is 0 Å². The minimum atomic E-state index is 0.0903. The van der Waals surface area contributed by atoms with Crippen LogP contribution >= 0.6 is 0 Å². The molecule has 1 aromatic carbocycles. The van der Waals surface area contributed by atoms with Gasteiger partial charge in [-0.15, -0.1) is 0 Å². The highest BCUT2D eigenvalue weighted by molar-refractivity contribution is 5.96. The molecule has 1 spiro atoms. The summed E-state index contributed by atoms with van der Waals surface area (Å²) in [5.41, 5.74) is 3.35. The van der Waals surface area contributed by atoms with Gasteiger partial charge in [-0.05, 0) is 64.1 Å². The Hall–Kier alpha value is -1.35. The normalized spacial score (nSPS) is 24.2. The zero-order valence-corrected chi connectivity index (χ0v) is 12.5. The van der Waals surface area contributed by atoms with Crippen LogP contribution in [0.1, 0.15) is 53.6 Å². The van der Waals surface area contributed by atoms with Crippen molar-refractivity contribution in [3.05, 3.63) is 34.9 Å². The van der Waals surface area contributed by atoms with E-state index in [2.05, 4.69) is 16.7 Å². The van der Waals surface area contributed by atoms with Crippen LogP contribution in [0.2, 0.25) is 0 Å². The van der Waals surface area contributed by atoms with Crippen molar-refractivity contribution in [2.24, 2.45) is 0 Å². The fourth-order valence-corrected chi connectivity index (χ4v) is 3.51. The molecule has 1 aliphatic carbocycles. The second kappa shape index (κ2) is 5.21. The number of rotatable bonds is 2. The number of carbonyl (C=O) groups excluding carboxylic acids is 1. The van der Waals surface area contributed by atoms with Gasteiger partial charge < -0.3 is 10.6 Å². The molecule has 1 aromatic rings. The molecule has 3 rings (SSSR count). The standard InChI is InChI=1S/C17H24N2O/c1-12-4-5-13(2)15(10-12)16(20)19-14-6-9-18-17(11-14)7-3-8-17/h4-5,10,14,18H,3,6-9,11H2,1-2H3,(H,19,20). The van der Waals surface area contributed by atoms with Crippen LogP contribution in [0, 0.1) is 13.8 Å². The first kappa shape index (κ1) is 13.6. The first-order chi connectivity index (χ1) is 9.58. The number of hydrogen-bond donors (Lipinski definition) is 2. The van der Waals surface area contributed by atoms with Crippen LogP contribution in [-0.2, 0) is 0 Å². The summed E-state index contributed by atoms with van der Waals surface area (Å²) in [5.74, 6) is 0.0903. The Morgan fingerprint density at radius 1 is 1.35 bits per heavy atom. The average Bonchev–Trinajstić information content (AvgIpc) is 2.40. The summed E-state index contributed by atoms with van der Waals surface area (Å²) in [7, 11) is 0. The first-order valence-corrected chi connectivity index (χ1v) is 7.71. The summed E-state index contributed by atoms with van der Waals surface area (Å²) in [4.78, 5) is 12.5. The molecule has 0 radical (unpaired) electrons. The van der Waals surface area contributed by atoms with E-state index in [9.17, 15) is 4.79 Å². The Balaban J connectivity index is 1.67. The summed E-state index contributed by atoms with van der Waals surface area (Å²) in [6, 6.07) is 6.40. The molecule has 1 aliphatic heterocycles. The van der Waals surface area contributed by atoms with Gasteiger partial charge in [0.25, 0.3) is 5.91 Å². The maximum Gasteiger partial charge on any atom is 0.251 e. The Labute approximate surface area is 121 Å². The van der Waals surface area contributed by atoms with Crippen LogP contribution in [0.15, 0.2) is 18.2 Å². The average molecular weight is 272 g/mol. The van der Waals surface area contributed by atoms with E-state index >= 15 is 0 Å². The highest BCUT2D eigenvalue weighted by Crippen LogP contribution is 2.38. The van der Waals surface area contributed by atoms with E-state index in [4.69, 9.17) is 0 Å². The maximum absolute atomic E-state index is 12.5. The Bertz CT molecular complexity index is 520. The van der Waals surface area contributed by atoms with Crippen molar-refractivity contribution in [1.29, 1.82) is 0 Å². The SMILES string of the molecule is Cc1ccc(C)c(C(=O)NC2CCNC3(CCC3)C2)c1. The quantitative estimate of drug-likeness (QED) is 0.869. The number of amides is 1. The second-order valence-electron chi connectivity index (χ2n) is 6.54. The van der Waals surface area contributed by atoms with Crippen molar-refractivity contribution < 1.29 is 4.79 Å². The molecule has 1 atom stereocenters. The number of nitrogens with one attached hydrogen (secondary N) is 2. The summed E-state index contributed by atoms with van der Waals surface area (Å²) < 4.78 is 0. The number of carbonyl (C=O) groups is 1. The molecule has 1 heterocycles. The summed E-state index contributed by atoms with van der Waals surface area (Å²) >= 11 is 0. The van der Waals surface area contributed by atoms with E-state index in [1.165, 1.54) is 19.3 Å². The van der Waals surface area contributed by atoms with Gasteiger partial charge in [-0.2, -0.15) is 0 Å². The molecule has 2 aliphatic rings. The third kappa shape index (κ3) is 2.59. The van der Waals surface area contributed by atoms with Crippen LogP contribution < -0.4 is 10.6 Å². The minimum Gasteiger partial charge on any atom is -0.349 e. The topological polar surface area (TPSA) is 41.1 Å². The minimum absolute atomic E-state index is 0.0903. The molecule has 0 bridgehead atoms. The zero-order valence-electron chi connectivity index (χ0n) is 12.5. The van der Waals surface area contributed by atoms with Gasteiger partial charge in [0.2, 0.25) is 0 Å². The fraction of sp³-hybridized carbons (Fsp3) is 0.588. The predicted octanol–water partition coefficient (Wildman–Crippen LogP) is 2.71. The van der Waals surface area contributed by atoms with Crippen LogP contribution in [0.4, 0.5) is 0 Å². The largest absolute Gasteiger partial charge is 0.349 e. The Morgan fingerprint density at radius 2 is 2.15 bits per heavy atom. The number of aryl methyl sites for hydroxylation is 2. The van der Waals surface area contributed by atoms with Crippen molar-refractivity contribution in [2.45, 2.75) is 57.5 Å². The summed E-state index contributed by atoms with van der Waals surface area (Å²) in [5, 5.41) is 6.89. The lowest BCUT2D eigenvalue weighted by molar-refractivity contribution is 0.0852. The van der Waals surface area contributed by atoms with Crippen molar-refractivity contribution in [2.75, 3.05) is 6.54 Å². The Morgan fingerprint density at radius 3 is 2.85 bits per heavy atom. The molecule has 0 aromatic heterocycles. The molecule has 3 nitrogen and oxygen atoms in total. The van der Waals surface area contributed by atoms with E-state index in [1.54, 1.807) is 0 Å². The van der Waals surface area contributed by atoms with E-state index in [0.29, 0.717) is 11.6 Å². The molecule has 20 heavy (non-hydrogen) atoms. The second-order valence-corrected chi connectivity index (χ2v) is 6.54. The predicted molar refractivity (Wildman–Crippen MR) is 81.0 cm³/mol. The molecule has 2 fully saturated rings. The lowest BCUT2D eigenvalue weighted by Gasteiger charge is -2.48. The number of piperidine rings is 1. The molecular weight excluding hydrogens is 248 g/mol. The van der Waals surface area contributed by atoms with Crippen LogP contribution in [0.25, 0.3) is 0 Å². The first-order valence-electron chi connectivity index (χ1n) is 7.71. The monoisotopic (exact) mass is 272 g/mol. The number of hydrogen-bond acceptors (Lipinski definition) is 2. The van der Waals surface area contributed by atoms with Crippen LogP contribution in [-0.4, -0.2) is 24.0 Å². The molecular formula is C17H24N2O. The number of benzene rings is 1. The third-order valence-corrected chi connectivity index (χ3v) is 4.91. The molecule has 1 saturated heterocycles. The third-order valence-electron chi connectivity index (χ3n) is 4.91. The molecule has 2 N–H and O–H groups in total. The van der Waals surface area contributed by atoms with Gasteiger partial charge in [0, 0.05) is 17.1 Å². The van der Waals surface area contributed by atoms with Gasteiger partial charge in [0.15, 0.2) is 0 Å². The lowest BCUT2D eigenvalue weighted by Crippen LogP contribution is -2.59. The van der Waals surface area contributed by atoms with Gasteiger partial charge in [-0.25, -0.2) is 0 Å². The molecule has 1 saturated carbocycles. The van der Waals surface area contributed by atoms with Crippen LogP contribution in [0.3, 0.4) is 0 Å². The summed E-state index contributed by atoms with van der Waals surface area (Å²) in [6.45, 7) is 5.06. The summed E-state index contributed by atoms with van der Waals surface area (Å²) in [6.07, 6.45) is 5.98. The van der Waals surface area contributed by atoms with Gasteiger partial charge in [-0.1, -0.05) is 17.7 Å². The highest BCUT2D eigenvalue weighted by atomic mass is 16.1. The molecule has 108 valence electrons. The van der Waals surface area contributed by atoms with Gasteiger partial charge >= 0.3 is 0 Å². The molecule has 1 amide bonds. The van der Waals surface area contributed by atoms with Crippen molar-refractivity contribution in [1.82, 2.24) is 10.6 Å². The van der Waals surface area contributed by atoms with Crippen molar-refractivity contribution in [3.8, 4) is 0 Å². The van der Waals surface area contributed by atoms with Gasteiger partial charge in [-0.3, -0.25) is 4.79 Å². The van der Waals surface area contributed by atoms with Crippen LogP contribution in [0.5, 0.6) is 0 Å². The van der Waals surface area contributed by atoms with E-state index < -0.39 is 0 Å². The zero-order chi connectivity index (χ0) is 14.2. The maximum atomic E-state index is 12.5. The van der Waals surface area contributed by atoms with E-state index in [0.717, 1.165) is 36.1 Å². The Kier molecular flexibility index (Phi) is 3.55. The van der Waals surface area contributed by atoms with Crippen molar-refractivity contribution in [3.63, 3.8) is 0 Å². The smallest absolute Gasteiger partial charge is 0.251 e. The van der Waals surface area contributed by atoms with E-state index in [1.807, 2.05) is 26.0 Å². The van der Waals surface area contributed by atoms with Gasteiger partial charge in [0.1, 0.15) is 0 Å². The lowest BCUT2D eigenvalue weighted by atomic mass is 9.70. The van der Waals surface area contributed by atoms with Crippen molar-refractivity contribution >= 4 is 5.91 Å².